The Labute approximate surface area is 317 Å². The highest BCUT2D eigenvalue weighted by molar-refractivity contribution is 6.15. The maximum absolute atomic E-state index is 5.65. The molecule has 0 fully saturated rings. The van der Waals surface area contributed by atoms with Crippen molar-refractivity contribution in [2.45, 2.75) is 0 Å². The van der Waals surface area contributed by atoms with Crippen molar-refractivity contribution in [3.8, 4) is 101 Å². The fourth-order valence-electron chi connectivity index (χ4n) is 7.03. The molecule has 0 amide bonds. The SMILES string of the molecule is COc1ccc(-c2c(-c3ccc(OC)cc3)c(-c3ccc(OC)cc3)c(-c3ccc(OC)cc3)c(-c3ccc(OC)cc3)c2-c2ccc(OC)cc2)cc1. The fraction of sp³-hybridized carbons (Fsp3) is 0.125. The van der Waals surface area contributed by atoms with Gasteiger partial charge < -0.3 is 28.4 Å². The molecular weight excluding hydrogens is 673 g/mol. The van der Waals surface area contributed by atoms with Gasteiger partial charge in [0.25, 0.3) is 0 Å². The molecule has 0 aliphatic carbocycles. The molecule has 0 unspecified atom stereocenters. The first-order valence-corrected chi connectivity index (χ1v) is 17.6. The van der Waals surface area contributed by atoms with Crippen molar-refractivity contribution in [1.82, 2.24) is 0 Å². The van der Waals surface area contributed by atoms with E-state index in [1.807, 2.05) is 72.8 Å². The predicted molar refractivity (Wildman–Crippen MR) is 218 cm³/mol. The Bertz CT molecular complexity index is 1870. The summed E-state index contributed by atoms with van der Waals surface area (Å²) in [6.45, 7) is 0. The molecule has 0 spiro atoms. The van der Waals surface area contributed by atoms with Crippen LogP contribution in [0.25, 0.3) is 66.8 Å². The molecule has 6 nitrogen and oxygen atoms in total. The van der Waals surface area contributed by atoms with Gasteiger partial charge in [-0.15, -0.1) is 0 Å². The van der Waals surface area contributed by atoms with Crippen molar-refractivity contribution in [1.29, 1.82) is 0 Å². The van der Waals surface area contributed by atoms with Crippen LogP contribution in [-0.4, -0.2) is 42.7 Å². The molecule has 0 bridgehead atoms. The average Bonchev–Trinajstić information content (AvgIpc) is 3.25. The van der Waals surface area contributed by atoms with Crippen molar-refractivity contribution >= 4 is 0 Å². The standard InChI is InChI=1S/C48H42O6/c1-49-37-19-7-31(8-20-37)43-44(32-9-21-38(50-2)22-10-32)46(34-13-25-40(52-4)26-14-34)48(36-17-29-42(54-6)30-18-36)47(35-15-27-41(53-5)28-16-35)45(43)33-11-23-39(51-3)24-12-33/h7-30H,1-6H3. The third-order valence-corrected chi connectivity index (χ3v) is 9.77. The minimum Gasteiger partial charge on any atom is -0.497 e. The number of hydrogen-bond acceptors (Lipinski definition) is 6. The number of rotatable bonds is 12. The fourth-order valence-corrected chi connectivity index (χ4v) is 7.03. The summed E-state index contributed by atoms with van der Waals surface area (Å²) in [5, 5.41) is 0. The Morgan fingerprint density at radius 3 is 0.389 bits per heavy atom. The molecule has 0 aromatic heterocycles. The second-order valence-electron chi connectivity index (χ2n) is 12.6. The number of methoxy groups -OCH3 is 6. The summed E-state index contributed by atoms with van der Waals surface area (Å²) >= 11 is 0. The van der Waals surface area contributed by atoms with Crippen LogP contribution < -0.4 is 28.4 Å². The van der Waals surface area contributed by atoms with Gasteiger partial charge in [0.05, 0.1) is 42.7 Å². The van der Waals surface area contributed by atoms with E-state index in [1.165, 1.54) is 0 Å². The van der Waals surface area contributed by atoms with Gasteiger partial charge in [0.15, 0.2) is 0 Å². The number of benzene rings is 7. The van der Waals surface area contributed by atoms with Gasteiger partial charge in [0.2, 0.25) is 0 Å². The van der Waals surface area contributed by atoms with Gasteiger partial charge in [-0.25, -0.2) is 0 Å². The Hall–Kier alpha value is -6.66. The van der Waals surface area contributed by atoms with Gasteiger partial charge in [-0.3, -0.25) is 0 Å². The van der Waals surface area contributed by atoms with Crippen molar-refractivity contribution in [2.24, 2.45) is 0 Å². The second-order valence-corrected chi connectivity index (χ2v) is 12.6. The number of ether oxygens (including phenoxy) is 6. The van der Waals surface area contributed by atoms with Crippen LogP contribution in [0.5, 0.6) is 34.5 Å². The molecule has 0 heterocycles. The van der Waals surface area contributed by atoms with E-state index in [2.05, 4.69) is 72.8 Å². The van der Waals surface area contributed by atoms with Crippen molar-refractivity contribution in [3.05, 3.63) is 146 Å². The van der Waals surface area contributed by atoms with E-state index in [-0.39, 0.29) is 0 Å². The Morgan fingerprint density at radius 1 is 0.185 bits per heavy atom. The Balaban J connectivity index is 1.77. The zero-order chi connectivity index (χ0) is 37.6. The Morgan fingerprint density at radius 2 is 0.296 bits per heavy atom. The van der Waals surface area contributed by atoms with E-state index in [0.717, 1.165) is 101 Å². The predicted octanol–water partition coefficient (Wildman–Crippen LogP) is 11.7. The van der Waals surface area contributed by atoms with E-state index >= 15 is 0 Å². The van der Waals surface area contributed by atoms with E-state index in [9.17, 15) is 0 Å². The highest BCUT2D eigenvalue weighted by Crippen LogP contribution is 2.56. The Kier molecular flexibility index (Phi) is 10.5. The van der Waals surface area contributed by atoms with Crippen LogP contribution in [0.1, 0.15) is 0 Å². The molecule has 7 aromatic rings. The van der Waals surface area contributed by atoms with Crippen LogP contribution in [0.3, 0.4) is 0 Å². The zero-order valence-corrected chi connectivity index (χ0v) is 31.3. The van der Waals surface area contributed by atoms with Gasteiger partial charge in [0.1, 0.15) is 34.5 Å². The average molecular weight is 715 g/mol. The molecule has 7 rings (SSSR count). The molecule has 0 saturated heterocycles. The molecule has 0 atom stereocenters. The first-order valence-electron chi connectivity index (χ1n) is 17.6. The quantitative estimate of drug-likeness (QED) is 0.126. The summed E-state index contributed by atoms with van der Waals surface area (Å²) in [7, 11) is 10.1. The molecule has 0 radical (unpaired) electrons. The molecule has 0 saturated carbocycles. The monoisotopic (exact) mass is 714 g/mol. The van der Waals surface area contributed by atoms with Crippen LogP contribution in [0.2, 0.25) is 0 Å². The highest BCUT2D eigenvalue weighted by atomic mass is 16.5. The van der Waals surface area contributed by atoms with Gasteiger partial charge in [-0.2, -0.15) is 0 Å². The van der Waals surface area contributed by atoms with Crippen LogP contribution >= 0.6 is 0 Å². The van der Waals surface area contributed by atoms with E-state index < -0.39 is 0 Å². The summed E-state index contributed by atoms with van der Waals surface area (Å²) in [4.78, 5) is 0. The molecule has 0 N–H and O–H groups in total. The second kappa shape index (κ2) is 15.9. The van der Waals surface area contributed by atoms with Crippen LogP contribution in [-0.2, 0) is 0 Å². The van der Waals surface area contributed by atoms with Crippen molar-refractivity contribution in [3.63, 3.8) is 0 Å². The first-order chi connectivity index (χ1) is 26.5. The summed E-state index contributed by atoms with van der Waals surface area (Å²) in [5.74, 6) is 4.65. The molecular formula is C48H42O6. The van der Waals surface area contributed by atoms with Crippen molar-refractivity contribution in [2.75, 3.05) is 42.7 Å². The summed E-state index contributed by atoms with van der Waals surface area (Å²) in [6, 6.07) is 49.8. The topological polar surface area (TPSA) is 55.4 Å². The van der Waals surface area contributed by atoms with Gasteiger partial charge in [-0.1, -0.05) is 72.8 Å². The van der Waals surface area contributed by atoms with E-state index in [1.54, 1.807) is 42.7 Å². The molecule has 0 aliphatic heterocycles. The summed E-state index contributed by atoms with van der Waals surface area (Å²) in [5.41, 5.74) is 12.5. The van der Waals surface area contributed by atoms with E-state index in [4.69, 9.17) is 28.4 Å². The van der Waals surface area contributed by atoms with Crippen LogP contribution in [0.4, 0.5) is 0 Å². The third-order valence-electron chi connectivity index (χ3n) is 9.77. The molecule has 7 aromatic carbocycles. The highest BCUT2D eigenvalue weighted by Gasteiger charge is 2.29. The maximum Gasteiger partial charge on any atom is 0.118 e. The smallest absolute Gasteiger partial charge is 0.118 e. The lowest BCUT2D eigenvalue weighted by atomic mass is 9.74. The van der Waals surface area contributed by atoms with Gasteiger partial charge in [0, 0.05) is 0 Å². The van der Waals surface area contributed by atoms with Gasteiger partial charge >= 0.3 is 0 Å². The van der Waals surface area contributed by atoms with Crippen molar-refractivity contribution < 1.29 is 28.4 Å². The number of hydrogen-bond donors (Lipinski definition) is 0. The molecule has 6 heteroatoms. The minimum absolute atomic E-state index is 0.774. The molecule has 0 aliphatic rings. The molecule has 54 heavy (non-hydrogen) atoms. The first kappa shape index (κ1) is 35.7. The third kappa shape index (κ3) is 6.94. The largest absolute Gasteiger partial charge is 0.497 e. The lowest BCUT2D eigenvalue weighted by molar-refractivity contribution is 0.414. The molecule has 270 valence electrons. The van der Waals surface area contributed by atoms with Crippen LogP contribution in [0, 0.1) is 0 Å². The van der Waals surface area contributed by atoms with Gasteiger partial charge in [-0.05, 0) is 140 Å². The lowest BCUT2D eigenvalue weighted by Crippen LogP contribution is -2.02. The normalized spacial score (nSPS) is 10.8. The van der Waals surface area contributed by atoms with Crippen LogP contribution in [0.15, 0.2) is 146 Å². The zero-order valence-electron chi connectivity index (χ0n) is 31.3. The minimum atomic E-state index is 0.774. The summed E-state index contributed by atoms with van der Waals surface area (Å²) < 4.78 is 33.9. The maximum atomic E-state index is 5.65. The van der Waals surface area contributed by atoms with E-state index in [0.29, 0.717) is 0 Å². The summed E-state index contributed by atoms with van der Waals surface area (Å²) in [6.07, 6.45) is 0. The lowest BCUT2D eigenvalue weighted by Gasteiger charge is -2.29.